The zero-order chi connectivity index (χ0) is 14.8. The van der Waals surface area contributed by atoms with Gasteiger partial charge in [0.2, 0.25) is 11.8 Å². The van der Waals surface area contributed by atoms with Crippen molar-refractivity contribution in [2.45, 2.75) is 45.7 Å². The molecule has 0 bridgehead atoms. The number of nitrogens with two attached hydrogens (primary N) is 1. The average Bonchev–Trinajstić information content (AvgIpc) is 2.39. The molecule has 0 radical (unpaired) electrons. The molecule has 2 unspecified atom stereocenters. The minimum atomic E-state index is -0.595. The number of carbonyl (C=O) groups excluding carboxylic acids is 2. The van der Waals surface area contributed by atoms with E-state index in [9.17, 15) is 9.59 Å². The second kappa shape index (κ2) is 9.75. The van der Waals surface area contributed by atoms with Crippen LogP contribution in [0.5, 0.6) is 0 Å². The summed E-state index contributed by atoms with van der Waals surface area (Å²) in [6.45, 7) is 7.35. The van der Waals surface area contributed by atoms with Gasteiger partial charge in [0.05, 0.1) is 6.04 Å². The molecule has 0 aliphatic rings. The lowest BCUT2D eigenvalue weighted by atomic mass is 10.1. The Hall–Kier alpha value is -1.14. The maximum Gasteiger partial charge on any atom is 0.244 e. The van der Waals surface area contributed by atoms with Gasteiger partial charge in [0.25, 0.3) is 0 Å². The monoisotopic (exact) mass is 273 g/mol. The highest BCUT2D eigenvalue weighted by Gasteiger charge is 2.22. The molecule has 2 atom stereocenters. The molecule has 0 aliphatic heterocycles. The van der Waals surface area contributed by atoms with Gasteiger partial charge in [0.15, 0.2) is 0 Å². The van der Waals surface area contributed by atoms with Gasteiger partial charge >= 0.3 is 0 Å². The highest BCUT2D eigenvalue weighted by molar-refractivity contribution is 5.89. The van der Waals surface area contributed by atoms with E-state index in [-0.39, 0.29) is 11.8 Å². The Kier molecular flexibility index (Phi) is 9.16. The quantitative estimate of drug-likeness (QED) is 0.584. The first kappa shape index (κ1) is 17.9. The lowest BCUT2D eigenvalue weighted by Crippen LogP contribution is -2.51. The van der Waals surface area contributed by atoms with E-state index in [4.69, 9.17) is 10.5 Å². The van der Waals surface area contributed by atoms with Crippen LogP contribution in [0.2, 0.25) is 0 Å². The number of rotatable bonds is 9. The van der Waals surface area contributed by atoms with Gasteiger partial charge in [-0.1, -0.05) is 0 Å². The lowest BCUT2D eigenvalue weighted by Gasteiger charge is -2.24. The standard InChI is InChI=1S/C13H27N3O3/c1-5-16(6-2)13(18)10(3)15-12(17)11(14)8-7-9-19-4/h10-11H,5-9,14H2,1-4H3,(H,15,17). The number of hydrogen-bond acceptors (Lipinski definition) is 4. The van der Waals surface area contributed by atoms with Crippen molar-refractivity contribution in [3.05, 3.63) is 0 Å². The summed E-state index contributed by atoms with van der Waals surface area (Å²) >= 11 is 0. The normalized spacial score (nSPS) is 13.7. The number of methoxy groups -OCH3 is 1. The van der Waals surface area contributed by atoms with Crippen molar-refractivity contribution in [2.75, 3.05) is 26.8 Å². The van der Waals surface area contributed by atoms with Gasteiger partial charge in [-0.25, -0.2) is 0 Å². The molecular formula is C13H27N3O3. The molecule has 0 aromatic carbocycles. The van der Waals surface area contributed by atoms with Crippen molar-refractivity contribution in [2.24, 2.45) is 5.73 Å². The molecule has 0 fully saturated rings. The van der Waals surface area contributed by atoms with Crippen molar-refractivity contribution in [1.29, 1.82) is 0 Å². The van der Waals surface area contributed by atoms with Gasteiger partial charge in [-0.05, 0) is 33.6 Å². The molecule has 6 nitrogen and oxygen atoms in total. The molecule has 6 heteroatoms. The van der Waals surface area contributed by atoms with E-state index in [0.717, 1.165) is 6.42 Å². The van der Waals surface area contributed by atoms with Crippen molar-refractivity contribution >= 4 is 11.8 Å². The average molecular weight is 273 g/mol. The molecule has 0 saturated heterocycles. The second-order valence-electron chi connectivity index (χ2n) is 4.48. The van der Waals surface area contributed by atoms with Crippen LogP contribution < -0.4 is 11.1 Å². The van der Waals surface area contributed by atoms with E-state index in [1.807, 2.05) is 13.8 Å². The van der Waals surface area contributed by atoms with Crippen LogP contribution >= 0.6 is 0 Å². The first-order valence-electron chi connectivity index (χ1n) is 6.81. The van der Waals surface area contributed by atoms with Gasteiger partial charge in [-0.3, -0.25) is 9.59 Å². The Labute approximate surface area is 115 Å². The number of likely N-dealkylation sites (N-methyl/N-ethyl adjacent to an activating group) is 1. The Balaban J connectivity index is 4.20. The maximum atomic E-state index is 12.0. The van der Waals surface area contributed by atoms with Gasteiger partial charge in [0.1, 0.15) is 6.04 Å². The first-order chi connectivity index (χ1) is 8.97. The summed E-state index contributed by atoms with van der Waals surface area (Å²) in [6, 6.07) is -1.14. The van der Waals surface area contributed by atoms with Crippen LogP contribution in [0.25, 0.3) is 0 Å². The summed E-state index contributed by atoms with van der Waals surface area (Å²) < 4.78 is 4.90. The molecule has 0 aliphatic carbocycles. The second-order valence-corrected chi connectivity index (χ2v) is 4.48. The van der Waals surface area contributed by atoms with Gasteiger partial charge < -0.3 is 20.7 Å². The highest BCUT2D eigenvalue weighted by Crippen LogP contribution is 1.98. The minimum Gasteiger partial charge on any atom is -0.385 e. The molecule has 0 spiro atoms. The number of ether oxygens (including phenoxy) is 1. The third kappa shape index (κ3) is 6.54. The molecule has 0 aromatic heterocycles. The van der Waals surface area contributed by atoms with Crippen LogP contribution in [0.1, 0.15) is 33.6 Å². The minimum absolute atomic E-state index is 0.0811. The van der Waals surface area contributed by atoms with E-state index in [1.165, 1.54) is 0 Å². The number of nitrogens with one attached hydrogen (secondary N) is 1. The zero-order valence-electron chi connectivity index (χ0n) is 12.4. The van der Waals surface area contributed by atoms with E-state index < -0.39 is 12.1 Å². The summed E-state index contributed by atoms with van der Waals surface area (Å²) in [5.74, 6) is -0.369. The third-order valence-corrected chi connectivity index (χ3v) is 3.00. The van der Waals surface area contributed by atoms with Crippen molar-refractivity contribution in [3.8, 4) is 0 Å². The predicted molar refractivity (Wildman–Crippen MR) is 74.6 cm³/mol. The molecule has 0 saturated carbocycles. The molecule has 0 rings (SSSR count). The molecule has 0 heterocycles. The Morgan fingerprint density at radius 2 is 1.89 bits per heavy atom. The van der Waals surface area contributed by atoms with Crippen LogP contribution in [0.15, 0.2) is 0 Å². The van der Waals surface area contributed by atoms with Crippen LogP contribution in [0, 0.1) is 0 Å². The molecule has 112 valence electrons. The molecule has 2 amide bonds. The van der Waals surface area contributed by atoms with Crippen molar-refractivity contribution in [1.82, 2.24) is 10.2 Å². The maximum absolute atomic E-state index is 12.0. The SMILES string of the molecule is CCN(CC)C(=O)C(C)NC(=O)C(N)CCCOC. The summed E-state index contributed by atoms with van der Waals surface area (Å²) in [6.07, 6.45) is 1.27. The van der Waals surface area contributed by atoms with Crippen molar-refractivity contribution in [3.63, 3.8) is 0 Å². The summed E-state index contributed by atoms with van der Waals surface area (Å²) in [7, 11) is 1.61. The van der Waals surface area contributed by atoms with Gasteiger partial charge in [-0.15, -0.1) is 0 Å². The Morgan fingerprint density at radius 3 is 2.37 bits per heavy atom. The topological polar surface area (TPSA) is 84.7 Å². The van der Waals surface area contributed by atoms with E-state index >= 15 is 0 Å². The third-order valence-electron chi connectivity index (χ3n) is 3.00. The largest absolute Gasteiger partial charge is 0.385 e. The van der Waals surface area contributed by atoms with Gasteiger partial charge in [0, 0.05) is 26.8 Å². The van der Waals surface area contributed by atoms with Crippen LogP contribution in [-0.4, -0.2) is 55.6 Å². The molecule has 19 heavy (non-hydrogen) atoms. The summed E-state index contributed by atoms with van der Waals surface area (Å²) in [5, 5.41) is 2.66. The number of carbonyl (C=O) groups is 2. The lowest BCUT2D eigenvalue weighted by molar-refractivity contribution is -0.136. The van der Waals surface area contributed by atoms with Crippen LogP contribution in [-0.2, 0) is 14.3 Å². The predicted octanol–water partition coefficient (Wildman–Crippen LogP) is 0.113. The molecular weight excluding hydrogens is 246 g/mol. The Bertz CT molecular complexity index is 280. The fraction of sp³-hybridized carbons (Fsp3) is 0.846. The van der Waals surface area contributed by atoms with Crippen LogP contribution in [0.3, 0.4) is 0 Å². The fourth-order valence-electron chi connectivity index (χ4n) is 1.77. The van der Waals surface area contributed by atoms with Gasteiger partial charge in [-0.2, -0.15) is 0 Å². The summed E-state index contributed by atoms with van der Waals surface area (Å²) in [4.78, 5) is 25.5. The van der Waals surface area contributed by atoms with Crippen LogP contribution in [0.4, 0.5) is 0 Å². The molecule has 0 aromatic rings. The number of hydrogen-bond donors (Lipinski definition) is 2. The number of nitrogens with zero attached hydrogens (tertiary/aromatic N) is 1. The Morgan fingerprint density at radius 1 is 1.32 bits per heavy atom. The van der Waals surface area contributed by atoms with E-state index in [1.54, 1.807) is 18.9 Å². The van der Waals surface area contributed by atoms with E-state index in [0.29, 0.717) is 26.1 Å². The first-order valence-corrected chi connectivity index (χ1v) is 6.81. The zero-order valence-corrected chi connectivity index (χ0v) is 12.4. The van der Waals surface area contributed by atoms with Crippen molar-refractivity contribution < 1.29 is 14.3 Å². The molecule has 3 N–H and O–H groups in total. The summed E-state index contributed by atoms with van der Waals surface area (Å²) in [5.41, 5.74) is 5.76. The smallest absolute Gasteiger partial charge is 0.244 e. The van der Waals surface area contributed by atoms with E-state index in [2.05, 4.69) is 5.32 Å². The fourth-order valence-corrected chi connectivity index (χ4v) is 1.77. The number of amides is 2. The highest BCUT2D eigenvalue weighted by atomic mass is 16.5.